The second-order valence-electron chi connectivity index (χ2n) is 5.71. The number of carbonyl (C=O) groups excluding carboxylic acids is 1. The predicted octanol–water partition coefficient (Wildman–Crippen LogP) is 3.62. The van der Waals surface area contributed by atoms with E-state index in [-0.39, 0.29) is 48.1 Å². The zero-order chi connectivity index (χ0) is 18.9. The minimum absolute atomic E-state index is 0. The normalized spacial score (nSPS) is 10.7. The van der Waals surface area contributed by atoms with Crippen LogP contribution in [0.4, 0.5) is 14.5 Å². The molecule has 0 saturated heterocycles. The van der Waals surface area contributed by atoms with E-state index in [1.807, 2.05) is 18.9 Å². The first kappa shape index (κ1) is 22.8. The number of guanidine groups is 1. The van der Waals surface area contributed by atoms with E-state index in [1.54, 1.807) is 12.1 Å². The first-order valence-corrected chi connectivity index (χ1v) is 8.27. The molecule has 0 aliphatic carbocycles. The maximum atomic E-state index is 13.0. The maximum Gasteiger partial charge on any atom is 0.246 e. The standard InChI is InChI=1S/C19H22F2N4O.HI/c1-3-22-19(25(2)13-14-4-6-15(20)7-5-14)23-12-18(26)24-17-10-8-16(21)9-11-17;/h4-11H,3,12-13H2,1-2H3,(H,22,23)(H,24,26);1H. The Labute approximate surface area is 174 Å². The highest BCUT2D eigenvalue weighted by Crippen LogP contribution is 2.08. The number of hydrogen-bond acceptors (Lipinski definition) is 2. The van der Waals surface area contributed by atoms with Crippen LogP contribution in [0.5, 0.6) is 0 Å². The first-order chi connectivity index (χ1) is 12.5. The van der Waals surface area contributed by atoms with Crippen LogP contribution in [0.25, 0.3) is 0 Å². The van der Waals surface area contributed by atoms with E-state index < -0.39 is 0 Å². The van der Waals surface area contributed by atoms with Gasteiger partial charge >= 0.3 is 0 Å². The van der Waals surface area contributed by atoms with Gasteiger partial charge in [0.25, 0.3) is 0 Å². The smallest absolute Gasteiger partial charge is 0.246 e. The van der Waals surface area contributed by atoms with Crippen molar-refractivity contribution in [2.24, 2.45) is 4.99 Å². The summed E-state index contributed by atoms with van der Waals surface area (Å²) in [7, 11) is 1.84. The first-order valence-electron chi connectivity index (χ1n) is 8.27. The largest absolute Gasteiger partial charge is 0.357 e. The Bertz CT molecular complexity index is 751. The van der Waals surface area contributed by atoms with Crippen LogP contribution in [0.2, 0.25) is 0 Å². The van der Waals surface area contributed by atoms with Crippen molar-refractivity contribution >= 4 is 41.5 Å². The second-order valence-corrected chi connectivity index (χ2v) is 5.71. The third-order valence-electron chi connectivity index (χ3n) is 3.53. The Hall–Kier alpha value is -2.23. The number of anilines is 1. The lowest BCUT2D eigenvalue weighted by atomic mass is 10.2. The number of rotatable bonds is 6. The van der Waals surface area contributed by atoms with Crippen LogP contribution in [-0.2, 0) is 11.3 Å². The zero-order valence-corrected chi connectivity index (χ0v) is 17.5. The molecule has 0 aliphatic heterocycles. The average molecular weight is 488 g/mol. The summed E-state index contributed by atoms with van der Waals surface area (Å²) in [6, 6.07) is 11.8. The number of aliphatic imine (C=N–C) groups is 1. The summed E-state index contributed by atoms with van der Waals surface area (Å²) >= 11 is 0. The number of hydrogen-bond donors (Lipinski definition) is 2. The van der Waals surface area contributed by atoms with Crippen molar-refractivity contribution in [2.75, 3.05) is 25.5 Å². The highest BCUT2D eigenvalue weighted by molar-refractivity contribution is 14.0. The maximum absolute atomic E-state index is 13.0. The highest BCUT2D eigenvalue weighted by atomic mass is 127. The van der Waals surface area contributed by atoms with Gasteiger partial charge in [-0.1, -0.05) is 12.1 Å². The van der Waals surface area contributed by atoms with Gasteiger partial charge in [-0.2, -0.15) is 0 Å². The fourth-order valence-corrected chi connectivity index (χ4v) is 2.29. The molecule has 2 aromatic rings. The van der Waals surface area contributed by atoms with E-state index in [4.69, 9.17) is 0 Å². The molecule has 0 unspecified atom stereocenters. The molecular weight excluding hydrogens is 465 g/mol. The van der Waals surface area contributed by atoms with Crippen molar-refractivity contribution < 1.29 is 13.6 Å². The predicted molar refractivity (Wildman–Crippen MR) is 114 cm³/mol. The molecule has 2 aromatic carbocycles. The van der Waals surface area contributed by atoms with Gasteiger partial charge in [-0.3, -0.25) is 4.79 Å². The van der Waals surface area contributed by atoms with Crippen molar-refractivity contribution in [1.29, 1.82) is 0 Å². The number of amides is 1. The van der Waals surface area contributed by atoms with Crippen molar-refractivity contribution in [3.8, 4) is 0 Å². The van der Waals surface area contributed by atoms with Crippen molar-refractivity contribution in [1.82, 2.24) is 10.2 Å². The van der Waals surface area contributed by atoms with Gasteiger partial charge in [0.05, 0.1) is 0 Å². The Morgan fingerprint density at radius 3 is 2.15 bits per heavy atom. The molecule has 27 heavy (non-hydrogen) atoms. The molecular formula is C19H23F2IN4O. The van der Waals surface area contributed by atoms with Gasteiger partial charge in [0.1, 0.15) is 18.2 Å². The third kappa shape index (κ3) is 7.90. The summed E-state index contributed by atoms with van der Waals surface area (Å²) in [4.78, 5) is 18.2. The van der Waals surface area contributed by atoms with Crippen molar-refractivity contribution in [3.63, 3.8) is 0 Å². The molecule has 8 heteroatoms. The fraction of sp³-hybridized carbons (Fsp3) is 0.263. The topological polar surface area (TPSA) is 56.7 Å². The third-order valence-corrected chi connectivity index (χ3v) is 3.53. The Balaban J connectivity index is 0.00000364. The lowest BCUT2D eigenvalue weighted by Crippen LogP contribution is -2.39. The van der Waals surface area contributed by atoms with Crippen LogP contribution in [0.1, 0.15) is 12.5 Å². The second kappa shape index (κ2) is 11.5. The number of benzene rings is 2. The minimum Gasteiger partial charge on any atom is -0.357 e. The number of halogens is 3. The molecule has 0 atom stereocenters. The van der Waals surface area contributed by atoms with Gasteiger partial charge in [0.15, 0.2) is 5.96 Å². The average Bonchev–Trinajstić information content (AvgIpc) is 2.62. The Kier molecular flexibility index (Phi) is 9.70. The molecule has 0 saturated carbocycles. The number of carbonyl (C=O) groups is 1. The molecule has 1 amide bonds. The Morgan fingerprint density at radius 2 is 1.59 bits per heavy atom. The summed E-state index contributed by atoms with van der Waals surface area (Å²) in [6.07, 6.45) is 0. The van der Waals surface area contributed by atoms with Crippen LogP contribution in [0, 0.1) is 11.6 Å². The van der Waals surface area contributed by atoms with Crippen LogP contribution in [0.3, 0.4) is 0 Å². The van der Waals surface area contributed by atoms with Crippen LogP contribution in [-0.4, -0.2) is 36.9 Å². The van der Waals surface area contributed by atoms with Crippen molar-refractivity contribution in [3.05, 3.63) is 65.7 Å². The van der Waals surface area contributed by atoms with Crippen LogP contribution >= 0.6 is 24.0 Å². The van der Waals surface area contributed by atoms with Crippen LogP contribution in [0.15, 0.2) is 53.5 Å². The van der Waals surface area contributed by atoms with Crippen LogP contribution < -0.4 is 10.6 Å². The fourth-order valence-electron chi connectivity index (χ4n) is 2.29. The molecule has 2 rings (SSSR count). The zero-order valence-electron chi connectivity index (χ0n) is 15.2. The van der Waals surface area contributed by atoms with Gasteiger partial charge in [-0.25, -0.2) is 13.8 Å². The summed E-state index contributed by atoms with van der Waals surface area (Å²) < 4.78 is 25.9. The molecule has 0 radical (unpaired) electrons. The SMILES string of the molecule is CCNC(=NCC(=O)Nc1ccc(F)cc1)N(C)Cc1ccc(F)cc1.I. The summed E-state index contributed by atoms with van der Waals surface area (Å²) in [5, 5.41) is 5.77. The lowest BCUT2D eigenvalue weighted by Gasteiger charge is -2.22. The van der Waals surface area contributed by atoms with Gasteiger partial charge < -0.3 is 15.5 Å². The molecule has 146 valence electrons. The monoisotopic (exact) mass is 488 g/mol. The van der Waals surface area contributed by atoms with Gasteiger partial charge in [0.2, 0.25) is 5.91 Å². The lowest BCUT2D eigenvalue weighted by molar-refractivity contribution is -0.114. The van der Waals surface area contributed by atoms with Gasteiger partial charge in [-0.15, -0.1) is 24.0 Å². The molecule has 0 aromatic heterocycles. The molecule has 0 fully saturated rings. The number of nitrogens with zero attached hydrogens (tertiary/aromatic N) is 2. The van der Waals surface area contributed by atoms with E-state index in [9.17, 15) is 13.6 Å². The van der Waals surface area contributed by atoms with E-state index in [0.29, 0.717) is 24.7 Å². The van der Waals surface area contributed by atoms with E-state index in [1.165, 1.54) is 36.4 Å². The van der Waals surface area contributed by atoms with E-state index >= 15 is 0 Å². The molecule has 0 aliphatic rings. The summed E-state index contributed by atoms with van der Waals surface area (Å²) in [6.45, 7) is 3.02. The molecule has 0 bridgehead atoms. The van der Waals surface area contributed by atoms with E-state index in [2.05, 4.69) is 15.6 Å². The highest BCUT2D eigenvalue weighted by Gasteiger charge is 2.08. The van der Waals surface area contributed by atoms with E-state index in [0.717, 1.165) is 5.56 Å². The molecule has 2 N–H and O–H groups in total. The molecule has 0 heterocycles. The minimum atomic E-state index is -0.363. The summed E-state index contributed by atoms with van der Waals surface area (Å²) in [5.41, 5.74) is 1.44. The Morgan fingerprint density at radius 1 is 1.04 bits per heavy atom. The quantitative estimate of drug-likeness (QED) is 0.371. The summed E-state index contributed by atoms with van der Waals surface area (Å²) in [5.74, 6) is -0.388. The molecule has 5 nitrogen and oxygen atoms in total. The van der Waals surface area contributed by atoms with Gasteiger partial charge in [0, 0.05) is 25.8 Å². The van der Waals surface area contributed by atoms with Crippen molar-refractivity contribution in [2.45, 2.75) is 13.5 Å². The molecule has 0 spiro atoms. The number of nitrogens with one attached hydrogen (secondary N) is 2. The van der Waals surface area contributed by atoms with Gasteiger partial charge in [-0.05, 0) is 48.9 Å².